The Balaban J connectivity index is 3.00. The van der Waals surface area contributed by atoms with Crippen molar-refractivity contribution in [2.75, 3.05) is 21.3 Å². The highest BCUT2D eigenvalue weighted by atomic mass is 31.2. The molecule has 1 aliphatic rings. The molecule has 0 aromatic heterocycles. The SMILES string of the molecule is C=C1C[C@@H](C(=O)OC)[C@H](C)[C@H]1P(=O)(OC)OC. The van der Waals surface area contributed by atoms with Gasteiger partial charge in [-0.25, -0.2) is 0 Å². The summed E-state index contributed by atoms with van der Waals surface area (Å²) < 4.78 is 27.1. The Kier molecular flexibility index (Phi) is 4.53. The van der Waals surface area contributed by atoms with Gasteiger partial charge in [0.2, 0.25) is 0 Å². The molecule has 3 atom stereocenters. The number of allylic oxidation sites excluding steroid dienone is 1. The van der Waals surface area contributed by atoms with Gasteiger partial charge in [0.05, 0.1) is 18.7 Å². The van der Waals surface area contributed by atoms with E-state index < -0.39 is 13.3 Å². The van der Waals surface area contributed by atoms with Gasteiger partial charge in [0, 0.05) is 14.2 Å². The number of carbonyl (C=O) groups is 1. The second-order valence-electron chi connectivity index (χ2n) is 4.20. The van der Waals surface area contributed by atoms with E-state index in [4.69, 9.17) is 13.8 Å². The fraction of sp³-hybridized carbons (Fsp3) is 0.727. The van der Waals surface area contributed by atoms with Gasteiger partial charge in [-0.2, -0.15) is 0 Å². The van der Waals surface area contributed by atoms with Gasteiger partial charge in [0.25, 0.3) is 0 Å². The molecule has 0 N–H and O–H groups in total. The summed E-state index contributed by atoms with van der Waals surface area (Å²) in [6, 6.07) is 0. The topological polar surface area (TPSA) is 61.8 Å². The Morgan fingerprint density at radius 1 is 1.35 bits per heavy atom. The molecule has 1 aliphatic carbocycles. The smallest absolute Gasteiger partial charge is 0.337 e. The van der Waals surface area contributed by atoms with Crippen LogP contribution in [-0.2, 0) is 23.1 Å². The van der Waals surface area contributed by atoms with Crippen molar-refractivity contribution in [3.05, 3.63) is 12.2 Å². The summed E-state index contributed by atoms with van der Waals surface area (Å²) in [6.07, 6.45) is 0.467. The fourth-order valence-electron chi connectivity index (χ4n) is 2.44. The highest BCUT2D eigenvalue weighted by molar-refractivity contribution is 7.55. The molecule has 0 spiro atoms. The minimum absolute atomic E-state index is 0.166. The third kappa shape index (κ3) is 2.46. The number of hydrogen-bond acceptors (Lipinski definition) is 5. The number of ether oxygens (including phenoxy) is 1. The molecule has 5 nitrogen and oxygen atoms in total. The average Bonchev–Trinajstić information content (AvgIpc) is 2.63. The number of carbonyl (C=O) groups excluding carboxylic acids is 1. The maximum absolute atomic E-state index is 12.4. The largest absolute Gasteiger partial charge is 0.469 e. The molecule has 0 heterocycles. The van der Waals surface area contributed by atoms with Crippen molar-refractivity contribution in [2.24, 2.45) is 11.8 Å². The van der Waals surface area contributed by atoms with Crippen molar-refractivity contribution in [2.45, 2.75) is 19.0 Å². The minimum Gasteiger partial charge on any atom is -0.469 e. The van der Waals surface area contributed by atoms with Crippen LogP contribution in [0.2, 0.25) is 0 Å². The van der Waals surface area contributed by atoms with Gasteiger partial charge in [-0.15, -0.1) is 0 Å². The van der Waals surface area contributed by atoms with Gasteiger partial charge >= 0.3 is 13.6 Å². The Labute approximate surface area is 102 Å². The zero-order chi connectivity index (χ0) is 13.2. The van der Waals surface area contributed by atoms with E-state index in [2.05, 4.69) is 6.58 Å². The van der Waals surface area contributed by atoms with Crippen molar-refractivity contribution in [3.8, 4) is 0 Å². The molecule has 6 heteroatoms. The molecule has 0 aromatic carbocycles. The summed E-state index contributed by atoms with van der Waals surface area (Å²) >= 11 is 0. The lowest BCUT2D eigenvalue weighted by molar-refractivity contribution is -0.146. The molecule has 0 unspecified atom stereocenters. The average molecular weight is 262 g/mol. The second-order valence-corrected chi connectivity index (χ2v) is 6.57. The van der Waals surface area contributed by atoms with E-state index in [0.29, 0.717) is 6.42 Å². The second kappa shape index (κ2) is 5.34. The summed E-state index contributed by atoms with van der Waals surface area (Å²) in [5.74, 6) is -0.795. The van der Waals surface area contributed by atoms with Crippen molar-refractivity contribution in [1.82, 2.24) is 0 Å². The molecule has 98 valence electrons. The first-order chi connectivity index (χ1) is 7.91. The van der Waals surface area contributed by atoms with Crippen LogP contribution in [0.1, 0.15) is 13.3 Å². The van der Waals surface area contributed by atoms with Crippen LogP contribution < -0.4 is 0 Å². The van der Waals surface area contributed by atoms with E-state index in [1.54, 1.807) is 0 Å². The summed E-state index contributed by atoms with van der Waals surface area (Å²) in [7, 11) is 0.795. The van der Waals surface area contributed by atoms with Gasteiger partial charge in [-0.05, 0) is 12.3 Å². The molecule has 0 bridgehead atoms. The van der Waals surface area contributed by atoms with Crippen LogP contribution in [0.15, 0.2) is 12.2 Å². The molecule has 0 amide bonds. The lowest BCUT2D eigenvalue weighted by Gasteiger charge is -2.25. The zero-order valence-electron chi connectivity index (χ0n) is 10.6. The quantitative estimate of drug-likeness (QED) is 0.441. The molecule has 1 rings (SSSR count). The molecule has 1 saturated carbocycles. The lowest BCUT2D eigenvalue weighted by Crippen LogP contribution is -2.24. The predicted octanol–water partition coefficient (Wildman–Crippen LogP) is 2.23. The molecule has 1 fully saturated rings. The molecule has 0 saturated heterocycles. The molecular formula is C11H19O5P. The summed E-state index contributed by atoms with van der Waals surface area (Å²) in [5, 5.41) is 0. The number of hydrogen-bond donors (Lipinski definition) is 0. The van der Waals surface area contributed by atoms with Crippen LogP contribution in [0.3, 0.4) is 0 Å². The predicted molar refractivity (Wildman–Crippen MR) is 63.8 cm³/mol. The van der Waals surface area contributed by atoms with Gasteiger partial charge in [-0.3, -0.25) is 9.36 Å². The lowest BCUT2D eigenvalue weighted by atomic mass is 9.98. The van der Waals surface area contributed by atoms with Gasteiger partial charge in [0.15, 0.2) is 0 Å². The maximum atomic E-state index is 12.4. The zero-order valence-corrected chi connectivity index (χ0v) is 11.5. The summed E-state index contributed by atoms with van der Waals surface area (Å²) in [6.45, 7) is 5.72. The Morgan fingerprint density at radius 2 is 1.88 bits per heavy atom. The van der Waals surface area contributed by atoms with E-state index in [1.165, 1.54) is 21.3 Å². The van der Waals surface area contributed by atoms with E-state index in [0.717, 1.165) is 5.57 Å². The van der Waals surface area contributed by atoms with Crippen LogP contribution in [0.25, 0.3) is 0 Å². The van der Waals surface area contributed by atoms with Crippen molar-refractivity contribution in [1.29, 1.82) is 0 Å². The van der Waals surface area contributed by atoms with Crippen molar-refractivity contribution in [3.63, 3.8) is 0 Å². The third-order valence-corrected chi connectivity index (χ3v) is 5.92. The van der Waals surface area contributed by atoms with E-state index in [1.807, 2.05) is 6.92 Å². The molecular weight excluding hydrogens is 243 g/mol. The first-order valence-corrected chi connectivity index (χ1v) is 6.99. The van der Waals surface area contributed by atoms with Gasteiger partial charge < -0.3 is 13.8 Å². The normalized spacial score (nSPS) is 29.4. The van der Waals surface area contributed by atoms with E-state index in [9.17, 15) is 9.36 Å². The third-order valence-electron chi connectivity index (χ3n) is 3.39. The van der Waals surface area contributed by atoms with E-state index in [-0.39, 0.29) is 17.8 Å². The monoisotopic (exact) mass is 262 g/mol. The van der Waals surface area contributed by atoms with Crippen LogP contribution in [0.4, 0.5) is 0 Å². The Morgan fingerprint density at radius 3 is 2.29 bits per heavy atom. The van der Waals surface area contributed by atoms with Crippen LogP contribution in [0.5, 0.6) is 0 Å². The number of rotatable bonds is 4. The van der Waals surface area contributed by atoms with Crippen molar-refractivity contribution >= 4 is 13.6 Å². The van der Waals surface area contributed by atoms with Gasteiger partial charge in [-0.1, -0.05) is 19.1 Å². The Hall–Kier alpha value is -0.640. The fourth-order valence-corrected chi connectivity index (χ4v) is 4.38. The highest BCUT2D eigenvalue weighted by Crippen LogP contribution is 2.61. The highest BCUT2D eigenvalue weighted by Gasteiger charge is 2.50. The molecule has 0 aliphatic heterocycles. The molecule has 0 aromatic rings. The molecule has 17 heavy (non-hydrogen) atoms. The van der Waals surface area contributed by atoms with Crippen LogP contribution in [-0.4, -0.2) is 33.0 Å². The number of methoxy groups -OCH3 is 1. The summed E-state index contributed by atoms with van der Waals surface area (Å²) in [5.41, 5.74) is 0.279. The maximum Gasteiger partial charge on any atom is 0.337 e. The Bertz CT molecular complexity index is 357. The first kappa shape index (κ1) is 14.4. The van der Waals surface area contributed by atoms with Crippen LogP contribution in [0, 0.1) is 11.8 Å². The minimum atomic E-state index is -3.24. The first-order valence-electron chi connectivity index (χ1n) is 5.38. The molecule has 0 radical (unpaired) electrons. The van der Waals surface area contributed by atoms with Crippen molar-refractivity contribution < 1.29 is 23.1 Å². The van der Waals surface area contributed by atoms with Crippen LogP contribution >= 0.6 is 7.60 Å². The standard InChI is InChI=1S/C11H19O5P/c1-7-6-9(11(12)14-3)8(2)10(7)17(13,15-4)16-5/h8-10H,1,6H2,2-5H3/t8-,9+,10-/m0/s1. The number of esters is 1. The van der Waals surface area contributed by atoms with E-state index >= 15 is 0 Å². The van der Waals surface area contributed by atoms with Gasteiger partial charge in [0.1, 0.15) is 0 Å². The summed E-state index contributed by atoms with van der Waals surface area (Å²) in [4.78, 5) is 11.6.